The quantitative estimate of drug-likeness (QED) is 0.842. The van der Waals surface area contributed by atoms with E-state index >= 15 is 0 Å². The molecule has 1 aromatic heterocycles. The molecule has 1 fully saturated rings. The number of ether oxygens (including phenoxy) is 1. The van der Waals surface area contributed by atoms with Crippen LogP contribution in [-0.4, -0.2) is 41.4 Å². The summed E-state index contributed by atoms with van der Waals surface area (Å²) in [5.41, 5.74) is 0.450. The first-order valence-corrected chi connectivity index (χ1v) is 7.06. The summed E-state index contributed by atoms with van der Waals surface area (Å²) in [6.45, 7) is 5.90. The molecular weight excluding hydrogens is 266 g/mol. The fourth-order valence-electron chi connectivity index (χ4n) is 2.22. The smallest absolute Gasteiger partial charge is 0.207 e. The lowest BCUT2D eigenvalue weighted by molar-refractivity contribution is 0.0311. The first-order chi connectivity index (χ1) is 9.09. The van der Waals surface area contributed by atoms with E-state index in [4.69, 9.17) is 16.3 Å². The predicted octanol–water partition coefficient (Wildman–Crippen LogP) is 2.07. The predicted molar refractivity (Wildman–Crippen MR) is 73.8 cm³/mol. The van der Waals surface area contributed by atoms with Crippen molar-refractivity contribution in [1.29, 1.82) is 0 Å². The van der Waals surface area contributed by atoms with Crippen LogP contribution in [0.5, 0.6) is 0 Å². The molecule has 0 aromatic carbocycles. The summed E-state index contributed by atoms with van der Waals surface area (Å²) in [6.07, 6.45) is 3.58. The Morgan fingerprint density at radius 1 is 1.58 bits per heavy atom. The van der Waals surface area contributed by atoms with Crippen LogP contribution in [0.4, 0.5) is 0 Å². The highest BCUT2D eigenvalue weighted by Crippen LogP contribution is 2.20. The molecule has 0 spiro atoms. The number of piperidine rings is 1. The number of hydrogen-bond acceptors (Lipinski definition) is 4. The first kappa shape index (κ1) is 14.5. The Balaban J connectivity index is 1.97. The topological polar surface area (TPSA) is 56.2 Å². The van der Waals surface area contributed by atoms with Crippen LogP contribution in [0.15, 0.2) is 6.20 Å². The third kappa shape index (κ3) is 3.55. The van der Waals surface area contributed by atoms with Crippen LogP contribution >= 0.6 is 11.6 Å². The van der Waals surface area contributed by atoms with Crippen molar-refractivity contribution >= 4 is 17.4 Å². The molecule has 0 saturated carbocycles. The molecule has 2 heterocycles. The van der Waals surface area contributed by atoms with Crippen molar-refractivity contribution in [3.05, 3.63) is 16.9 Å². The van der Waals surface area contributed by atoms with Crippen molar-refractivity contribution in [2.45, 2.75) is 38.8 Å². The molecule has 0 unspecified atom stereocenters. The lowest BCUT2D eigenvalue weighted by atomic mass is 10.1. The summed E-state index contributed by atoms with van der Waals surface area (Å²) in [4.78, 5) is 12.2. The minimum Gasteiger partial charge on any atom is -0.370 e. The van der Waals surface area contributed by atoms with E-state index in [0.717, 1.165) is 25.9 Å². The molecule has 1 aliphatic heterocycles. The summed E-state index contributed by atoms with van der Waals surface area (Å²) in [5.74, 6) is -0.102. The van der Waals surface area contributed by atoms with Crippen LogP contribution in [-0.2, 0) is 4.74 Å². The molecule has 1 saturated heterocycles. The van der Waals surface area contributed by atoms with Gasteiger partial charge in [-0.25, -0.2) is 0 Å². The Morgan fingerprint density at radius 3 is 2.89 bits per heavy atom. The summed E-state index contributed by atoms with van der Waals surface area (Å²) < 4.78 is 7.32. The second kappa shape index (κ2) is 6.50. The van der Waals surface area contributed by atoms with E-state index in [0.29, 0.717) is 10.7 Å². The Morgan fingerprint density at radius 2 is 2.26 bits per heavy atom. The van der Waals surface area contributed by atoms with Gasteiger partial charge in [-0.2, -0.15) is 5.10 Å². The van der Waals surface area contributed by atoms with Crippen molar-refractivity contribution in [2.75, 3.05) is 19.7 Å². The van der Waals surface area contributed by atoms with Gasteiger partial charge in [-0.3, -0.25) is 9.48 Å². The van der Waals surface area contributed by atoms with Gasteiger partial charge >= 0.3 is 0 Å². The molecular formula is C13H20ClN3O2. The maximum atomic E-state index is 12.2. The minimum atomic E-state index is -0.102. The van der Waals surface area contributed by atoms with E-state index in [-0.39, 0.29) is 24.5 Å². The normalized spacial score (nSPS) is 17.1. The van der Waals surface area contributed by atoms with Gasteiger partial charge in [0.15, 0.2) is 0 Å². The molecule has 1 N–H and O–H groups in total. The number of ketones is 1. The molecule has 0 aliphatic carbocycles. The van der Waals surface area contributed by atoms with Crippen molar-refractivity contribution in [1.82, 2.24) is 15.1 Å². The average molecular weight is 286 g/mol. The largest absolute Gasteiger partial charge is 0.370 e. The number of carbonyl (C=O) groups is 1. The van der Waals surface area contributed by atoms with Crippen LogP contribution < -0.4 is 5.32 Å². The number of Topliss-reactive ketones (excluding diaryl/α,β-unsaturated/α-hetero) is 1. The van der Waals surface area contributed by atoms with Crippen LogP contribution in [0.1, 0.15) is 43.2 Å². The molecule has 0 atom stereocenters. The lowest BCUT2D eigenvalue weighted by Crippen LogP contribution is -2.33. The second-order valence-corrected chi connectivity index (χ2v) is 5.47. The fourth-order valence-corrected chi connectivity index (χ4v) is 2.45. The average Bonchev–Trinajstić information content (AvgIpc) is 2.79. The maximum Gasteiger partial charge on any atom is 0.207 e. The molecule has 6 heteroatoms. The molecule has 0 radical (unpaired) electrons. The minimum absolute atomic E-state index is 0.0722. The number of aromatic nitrogens is 2. The number of carbonyl (C=O) groups excluding carboxylic acids is 1. The third-order valence-corrected chi connectivity index (χ3v) is 3.52. The van der Waals surface area contributed by atoms with Gasteiger partial charge in [-0.1, -0.05) is 11.6 Å². The molecule has 5 nitrogen and oxygen atoms in total. The zero-order valence-electron chi connectivity index (χ0n) is 11.4. The van der Waals surface area contributed by atoms with Gasteiger partial charge < -0.3 is 10.1 Å². The number of halogens is 1. The molecule has 106 valence electrons. The van der Waals surface area contributed by atoms with Crippen LogP contribution in [0.25, 0.3) is 0 Å². The lowest BCUT2D eigenvalue weighted by Gasteiger charge is -2.22. The SMILES string of the molecule is CC(C)n1ncc(Cl)c1C(=O)COC1CCNCC1. The Hall–Kier alpha value is -0.910. The number of hydrogen-bond donors (Lipinski definition) is 1. The molecule has 1 aromatic rings. The molecule has 0 amide bonds. The number of nitrogens with zero attached hydrogens (tertiary/aromatic N) is 2. The Bertz CT molecular complexity index is 439. The van der Waals surface area contributed by atoms with Crippen LogP contribution in [0, 0.1) is 0 Å². The fraction of sp³-hybridized carbons (Fsp3) is 0.692. The molecule has 0 bridgehead atoms. The summed E-state index contributed by atoms with van der Waals surface area (Å²) in [7, 11) is 0. The van der Waals surface area contributed by atoms with Crippen molar-refractivity contribution < 1.29 is 9.53 Å². The Kier molecular flexibility index (Phi) is 4.96. The van der Waals surface area contributed by atoms with E-state index < -0.39 is 0 Å². The highest BCUT2D eigenvalue weighted by atomic mass is 35.5. The second-order valence-electron chi connectivity index (χ2n) is 5.06. The van der Waals surface area contributed by atoms with Gasteiger partial charge in [0.25, 0.3) is 0 Å². The van der Waals surface area contributed by atoms with E-state index in [1.54, 1.807) is 4.68 Å². The van der Waals surface area contributed by atoms with E-state index in [1.165, 1.54) is 6.20 Å². The van der Waals surface area contributed by atoms with E-state index in [9.17, 15) is 4.79 Å². The van der Waals surface area contributed by atoms with Gasteiger partial charge in [0.05, 0.1) is 17.3 Å². The first-order valence-electron chi connectivity index (χ1n) is 6.68. The molecule has 19 heavy (non-hydrogen) atoms. The molecule has 1 aliphatic rings. The molecule has 2 rings (SSSR count). The summed E-state index contributed by atoms with van der Waals surface area (Å²) in [6, 6.07) is 0.102. The third-order valence-electron chi connectivity index (χ3n) is 3.24. The summed E-state index contributed by atoms with van der Waals surface area (Å²) >= 11 is 6.04. The van der Waals surface area contributed by atoms with E-state index in [2.05, 4.69) is 10.4 Å². The monoisotopic (exact) mass is 285 g/mol. The van der Waals surface area contributed by atoms with Gasteiger partial charge in [0.2, 0.25) is 5.78 Å². The van der Waals surface area contributed by atoms with E-state index in [1.807, 2.05) is 13.8 Å². The Labute approximate surface area is 118 Å². The van der Waals surface area contributed by atoms with Gasteiger partial charge in [0.1, 0.15) is 12.3 Å². The van der Waals surface area contributed by atoms with Crippen molar-refractivity contribution in [2.24, 2.45) is 0 Å². The van der Waals surface area contributed by atoms with Gasteiger partial charge in [-0.05, 0) is 39.8 Å². The number of rotatable bonds is 5. The maximum absolute atomic E-state index is 12.2. The van der Waals surface area contributed by atoms with Gasteiger partial charge in [0, 0.05) is 6.04 Å². The summed E-state index contributed by atoms with van der Waals surface area (Å²) in [5, 5.41) is 7.79. The van der Waals surface area contributed by atoms with Crippen molar-refractivity contribution in [3.8, 4) is 0 Å². The van der Waals surface area contributed by atoms with Crippen LogP contribution in [0.2, 0.25) is 5.02 Å². The highest BCUT2D eigenvalue weighted by Gasteiger charge is 2.21. The zero-order valence-corrected chi connectivity index (χ0v) is 12.1. The zero-order chi connectivity index (χ0) is 13.8. The highest BCUT2D eigenvalue weighted by molar-refractivity contribution is 6.33. The standard InChI is InChI=1S/C13H20ClN3O2/c1-9(2)17-13(11(14)7-16-17)12(18)8-19-10-3-5-15-6-4-10/h7,9-10,15H,3-6,8H2,1-2H3. The van der Waals surface area contributed by atoms with Gasteiger partial charge in [-0.15, -0.1) is 0 Å². The van der Waals surface area contributed by atoms with Crippen LogP contribution in [0.3, 0.4) is 0 Å². The van der Waals surface area contributed by atoms with Crippen molar-refractivity contribution in [3.63, 3.8) is 0 Å². The number of nitrogens with one attached hydrogen (secondary N) is 1.